The van der Waals surface area contributed by atoms with Crippen LogP contribution in [0.1, 0.15) is 20.3 Å². The molecular formula is C16H27N3. The Kier molecular flexibility index (Phi) is 4.70. The Hall–Kier alpha value is -1.22. The number of anilines is 2. The van der Waals surface area contributed by atoms with Gasteiger partial charge in [-0.15, -0.1) is 0 Å². The van der Waals surface area contributed by atoms with Gasteiger partial charge in [0.05, 0.1) is 11.4 Å². The van der Waals surface area contributed by atoms with Crippen molar-refractivity contribution in [1.29, 1.82) is 0 Å². The molecule has 106 valence electrons. The maximum atomic E-state index is 5.95. The number of benzene rings is 1. The molecular weight excluding hydrogens is 234 g/mol. The molecule has 0 radical (unpaired) electrons. The minimum absolute atomic E-state index is 0.594. The normalized spacial score (nSPS) is 16.7. The van der Waals surface area contributed by atoms with Gasteiger partial charge in [-0.25, -0.2) is 0 Å². The van der Waals surface area contributed by atoms with Crippen LogP contribution in [0.2, 0.25) is 0 Å². The number of hydrogen-bond acceptors (Lipinski definition) is 3. The average molecular weight is 261 g/mol. The largest absolute Gasteiger partial charge is 0.371 e. The van der Waals surface area contributed by atoms with Crippen LogP contribution >= 0.6 is 0 Å². The Balaban J connectivity index is 2.11. The zero-order valence-electron chi connectivity index (χ0n) is 12.5. The minimum Gasteiger partial charge on any atom is -0.371 e. The molecule has 1 unspecified atom stereocenters. The summed E-state index contributed by atoms with van der Waals surface area (Å²) in [5, 5.41) is 0. The van der Waals surface area contributed by atoms with Crippen LogP contribution in [0.4, 0.5) is 11.4 Å². The van der Waals surface area contributed by atoms with Crippen molar-refractivity contribution in [2.45, 2.75) is 20.3 Å². The summed E-state index contributed by atoms with van der Waals surface area (Å²) in [6.45, 7) is 8.62. The molecule has 0 aliphatic carbocycles. The summed E-state index contributed by atoms with van der Waals surface area (Å²) in [6, 6.07) is 8.69. The lowest BCUT2D eigenvalue weighted by Gasteiger charge is -2.38. The molecule has 2 rings (SSSR count). The Morgan fingerprint density at radius 2 is 1.84 bits per heavy atom. The number of hydrogen-bond donors (Lipinski definition) is 1. The lowest BCUT2D eigenvalue weighted by Crippen LogP contribution is -2.42. The van der Waals surface area contributed by atoms with Gasteiger partial charge < -0.3 is 15.5 Å². The standard InChI is InChI=1S/C16H27N3/c1-13(2)10-14(11-17)12-19-9-8-18(3)15-6-4-5-7-16(15)19/h4-7,13-14H,8-12,17H2,1-3H3. The first-order valence-electron chi connectivity index (χ1n) is 7.37. The Morgan fingerprint density at radius 1 is 1.16 bits per heavy atom. The summed E-state index contributed by atoms with van der Waals surface area (Å²) in [4.78, 5) is 4.85. The smallest absolute Gasteiger partial charge is 0.0604 e. The second kappa shape index (κ2) is 6.29. The van der Waals surface area contributed by atoms with E-state index in [1.54, 1.807) is 0 Å². The van der Waals surface area contributed by atoms with Crippen molar-refractivity contribution in [2.75, 3.05) is 43.0 Å². The van der Waals surface area contributed by atoms with Crippen molar-refractivity contribution in [1.82, 2.24) is 0 Å². The number of nitrogens with zero attached hydrogens (tertiary/aromatic N) is 2. The molecule has 0 aromatic heterocycles. The first-order valence-corrected chi connectivity index (χ1v) is 7.37. The van der Waals surface area contributed by atoms with Crippen LogP contribution in [0.3, 0.4) is 0 Å². The first kappa shape index (κ1) is 14.2. The highest BCUT2D eigenvalue weighted by Crippen LogP contribution is 2.32. The highest BCUT2D eigenvalue weighted by atomic mass is 15.2. The molecule has 0 spiro atoms. The van der Waals surface area contributed by atoms with Crippen molar-refractivity contribution in [2.24, 2.45) is 17.6 Å². The van der Waals surface area contributed by atoms with Gasteiger partial charge in [0, 0.05) is 26.7 Å². The molecule has 0 saturated carbocycles. The molecule has 3 heteroatoms. The number of nitrogens with two attached hydrogens (primary N) is 1. The topological polar surface area (TPSA) is 32.5 Å². The maximum absolute atomic E-state index is 5.95. The molecule has 0 bridgehead atoms. The lowest BCUT2D eigenvalue weighted by atomic mass is 9.96. The number of rotatable bonds is 5. The van der Waals surface area contributed by atoms with Crippen LogP contribution in [0.25, 0.3) is 0 Å². The van der Waals surface area contributed by atoms with Gasteiger partial charge in [0.15, 0.2) is 0 Å². The van der Waals surface area contributed by atoms with Crippen molar-refractivity contribution in [3.05, 3.63) is 24.3 Å². The Bertz CT molecular complexity index is 403. The van der Waals surface area contributed by atoms with Gasteiger partial charge in [0.2, 0.25) is 0 Å². The van der Waals surface area contributed by atoms with Gasteiger partial charge in [-0.05, 0) is 36.9 Å². The number of fused-ring (bicyclic) bond motifs is 1. The monoisotopic (exact) mass is 261 g/mol. The summed E-state index contributed by atoms with van der Waals surface area (Å²) >= 11 is 0. The predicted molar refractivity (Wildman–Crippen MR) is 83.9 cm³/mol. The second-order valence-electron chi connectivity index (χ2n) is 6.09. The SMILES string of the molecule is CC(C)CC(CN)CN1CCN(C)c2ccccc21. The average Bonchev–Trinajstić information content (AvgIpc) is 2.41. The molecule has 3 nitrogen and oxygen atoms in total. The van der Waals surface area contributed by atoms with E-state index in [1.165, 1.54) is 17.8 Å². The van der Waals surface area contributed by atoms with Crippen LogP contribution in [0.15, 0.2) is 24.3 Å². The molecule has 19 heavy (non-hydrogen) atoms. The highest BCUT2D eigenvalue weighted by molar-refractivity contribution is 5.73. The molecule has 0 amide bonds. The molecule has 1 aliphatic rings. The van der Waals surface area contributed by atoms with Crippen LogP contribution in [-0.4, -0.2) is 33.2 Å². The summed E-state index contributed by atoms with van der Waals surface area (Å²) in [5.74, 6) is 1.31. The molecule has 1 aliphatic heterocycles. The fraction of sp³-hybridized carbons (Fsp3) is 0.625. The molecule has 1 aromatic rings. The summed E-state index contributed by atoms with van der Waals surface area (Å²) < 4.78 is 0. The van der Waals surface area contributed by atoms with Crippen molar-refractivity contribution in [3.8, 4) is 0 Å². The van der Waals surface area contributed by atoms with Gasteiger partial charge >= 0.3 is 0 Å². The minimum atomic E-state index is 0.594. The highest BCUT2D eigenvalue weighted by Gasteiger charge is 2.22. The quantitative estimate of drug-likeness (QED) is 0.884. The van der Waals surface area contributed by atoms with E-state index in [-0.39, 0.29) is 0 Å². The Morgan fingerprint density at radius 3 is 2.47 bits per heavy atom. The second-order valence-corrected chi connectivity index (χ2v) is 6.09. The predicted octanol–water partition coefficient (Wildman–Crippen LogP) is 2.56. The van der Waals surface area contributed by atoms with Crippen molar-refractivity contribution in [3.63, 3.8) is 0 Å². The lowest BCUT2D eigenvalue weighted by molar-refractivity contribution is 0.413. The van der Waals surface area contributed by atoms with E-state index >= 15 is 0 Å². The summed E-state index contributed by atoms with van der Waals surface area (Å²) in [7, 11) is 2.17. The third-order valence-electron chi connectivity index (χ3n) is 3.96. The van der Waals surface area contributed by atoms with Crippen molar-refractivity contribution >= 4 is 11.4 Å². The number of para-hydroxylation sites is 2. The molecule has 1 atom stereocenters. The number of likely N-dealkylation sites (N-methyl/N-ethyl adjacent to an activating group) is 1. The Labute approximate surface area is 117 Å². The third-order valence-corrected chi connectivity index (χ3v) is 3.96. The van der Waals surface area contributed by atoms with Crippen LogP contribution in [0.5, 0.6) is 0 Å². The summed E-state index contributed by atoms with van der Waals surface area (Å²) in [5.41, 5.74) is 8.65. The van der Waals surface area contributed by atoms with Crippen LogP contribution in [-0.2, 0) is 0 Å². The molecule has 0 saturated heterocycles. The van der Waals surface area contributed by atoms with E-state index in [1.807, 2.05) is 0 Å². The molecule has 2 N–H and O–H groups in total. The fourth-order valence-electron chi connectivity index (χ4n) is 2.98. The molecule has 0 fully saturated rings. The van der Waals surface area contributed by atoms with E-state index in [4.69, 9.17) is 5.73 Å². The van der Waals surface area contributed by atoms with Gasteiger partial charge in [-0.3, -0.25) is 0 Å². The fourth-order valence-corrected chi connectivity index (χ4v) is 2.98. The van der Waals surface area contributed by atoms with Gasteiger partial charge in [0.25, 0.3) is 0 Å². The van der Waals surface area contributed by atoms with E-state index in [2.05, 4.69) is 55.0 Å². The maximum Gasteiger partial charge on any atom is 0.0604 e. The van der Waals surface area contributed by atoms with Gasteiger partial charge in [-0.2, -0.15) is 0 Å². The zero-order valence-corrected chi connectivity index (χ0v) is 12.5. The van der Waals surface area contributed by atoms with Crippen LogP contribution in [0, 0.1) is 11.8 Å². The van der Waals surface area contributed by atoms with E-state index < -0.39 is 0 Å². The van der Waals surface area contributed by atoms with Gasteiger partial charge in [-0.1, -0.05) is 26.0 Å². The van der Waals surface area contributed by atoms with Crippen LogP contribution < -0.4 is 15.5 Å². The van der Waals surface area contributed by atoms with E-state index in [0.29, 0.717) is 5.92 Å². The van der Waals surface area contributed by atoms with E-state index in [9.17, 15) is 0 Å². The first-order chi connectivity index (χ1) is 9.11. The third kappa shape index (κ3) is 3.41. The zero-order chi connectivity index (χ0) is 13.8. The summed E-state index contributed by atoms with van der Waals surface area (Å²) in [6.07, 6.45) is 1.21. The van der Waals surface area contributed by atoms with Gasteiger partial charge in [0.1, 0.15) is 0 Å². The van der Waals surface area contributed by atoms with E-state index in [0.717, 1.165) is 32.1 Å². The van der Waals surface area contributed by atoms with Crippen molar-refractivity contribution < 1.29 is 0 Å². The molecule has 1 aromatic carbocycles. The molecule has 1 heterocycles.